The molecule has 0 amide bonds. The highest BCUT2D eigenvalue weighted by Crippen LogP contribution is 2.16. The third-order valence-electron chi connectivity index (χ3n) is 2.42. The van der Waals surface area contributed by atoms with Crippen molar-refractivity contribution in [2.24, 2.45) is 0 Å². The van der Waals surface area contributed by atoms with Gasteiger partial charge in [-0.3, -0.25) is 0 Å². The molecule has 1 N–H and O–H groups in total. The van der Waals surface area contributed by atoms with E-state index < -0.39 is 0 Å². The summed E-state index contributed by atoms with van der Waals surface area (Å²) in [6.45, 7) is 2.46. The van der Waals surface area contributed by atoms with Gasteiger partial charge in [0.2, 0.25) is 0 Å². The molecule has 3 nitrogen and oxygen atoms in total. The first-order valence-electron chi connectivity index (χ1n) is 6.17. The molecule has 0 aliphatic heterocycles. The van der Waals surface area contributed by atoms with Gasteiger partial charge in [-0.15, -0.1) is 0 Å². The molecular formula is C16H20O3. The van der Waals surface area contributed by atoms with Gasteiger partial charge in [-0.25, -0.2) is 0 Å². The van der Waals surface area contributed by atoms with Crippen LogP contribution in [0.5, 0.6) is 11.5 Å². The lowest BCUT2D eigenvalue weighted by atomic mass is 10.3. The Labute approximate surface area is 114 Å². The average Bonchev–Trinajstić information content (AvgIpc) is 2.46. The van der Waals surface area contributed by atoms with Crippen molar-refractivity contribution < 1.29 is 14.6 Å². The van der Waals surface area contributed by atoms with Gasteiger partial charge in [0.05, 0.1) is 20.0 Å². The van der Waals surface area contributed by atoms with Crippen LogP contribution >= 0.6 is 0 Å². The van der Waals surface area contributed by atoms with Crippen molar-refractivity contribution in [3.8, 4) is 11.5 Å². The molecule has 0 aliphatic carbocycles. The van der Waals surface area contributed by atoms with Crippen LogP contribution in [0.1, 0.15) is 13.3 Å². The first-order chi connectivity index (χ1) is 9.26. The molecule has 1 rings (SSSR count). The summed E-state index contributed by atoms with van der Waals surface area (Å²) < 4.78 is 10.6. The van der Waals surface area contributed by atoms with Crippen LogP contribution in [0.3, 0.4) is 0 Å². The summed E-state index contributed by atoms with van der Waals surface area (Å²) in [6, 6.07) is 7.52. The Bertz CT molecular complexity index is 442. The van der Waals surface area contributed by atoms with Gasteiger partial charge < -0.3 is 14.6 Å². The first-order valence-corrected chi connectivity index (χ1v) is 6.17. The highest BCUT2D eigenvalue weighted by Gasteiger charge is 1.93. The summed E-state index contributed by atoms with van der Waals surface area (Å²) >= 11 is 0. The molecule has 0 unspecified atom stereocenters. The zero-order valence-electron chi connectivity index (χ0n) is 11.4. The average molecular weight is 260 g/mol. The van der Waals surface area contributed by atoms with Crippen LogP contribution in [0.2, 0.25) is 0 Å². The predicted octanol–water partition coefficient (Wildman–Crippen LogP) is 4.04. The maximum atomic E-state index is 8.67. The van der Waals surface area contributed by atoms with Crippen LogP contribution in [0, 0.1) is 0 Å². The summed E-state index contributed by atoms with van der Waals surface area (Å²) in [5.41, 5.74) is 0.819. The molecule has 0 saturated heterocycles. The lowest BCUT2D eigenvalue weighted by Gasteiger charge is -2.05. The maximum Gasteiger partial charge on any atom is 0.119 e. The molecule has 102 valence electrons. The Morgan fingerprint density at radius 2 is 1.84 bits per heavy atom. The van der Waals surface area contributed by atoms with E-state index in [4.69, 9.17) is 14.6 Å². The number of aliphatic hydroxyl groups is 1. The van der Waals surface area contributed by atoms with Gasteiger partial charge in [0.15, 0.2) is 0 Å². The molecule has 1 aromatic carbocycles. The highest BCUT2D eigenvalue weighted by molar-refractivity contribution is 5.31. The Kier molecular flexibility index (Phi) is 6.95. The quantitative estimate of drug-likeness (QED) is 0.457. The zero-order chi connectivity index (χ0) is 13.9. The van der Waals surface area contributed by atoms with Crippen LogP contribution in [0.15, 0.2) is 60.4 Å². The van der Waals surface area contributed by atoms with Crippen molar-refractivity contribution in [2.75, 3.05) is 13.7 Å². The Balaban J connectivity index is 2.23. The highest BCUT2D eigenvalue weighted by atomic mass is 16.5. The second kappa shape index (κ2) is 8.86. The van der Waals surface area contributed by atoms with Gasteiger partial charge in [-0.05, 0) is 43.2 Å². The molecule has 0 radical (unpaired) electrons. The number of benzene rings is 1. The number of hydrogen-bond acceptors (Lipinski definition) is 3. The van der Waals surface area contributed by atoms with Gasteiger partial charge in [0, 0.05) is 0 Å². The lowest BCUT2D eigenvalue weighted by Crippen LogP contribution is -1.95. The van der Waals surface area contributed by atoms with Crippen molar-refractivity contribution in [1.82, 2.24) is 0 Å². The Morgan fingerprint density at radius 1 is 1.16 bits per heavy atom. The van der Waals surface area contributed by atoms with Gasteiger partial charge in [-0.2, -0.15) is 0 Å². The third kappa shape index (κ3) is 6.36. The second-order valence-corrected chi connectivity index (χ2v) is 3.97. The number of rotatable bonds is 7. The second-order valence-electron chi connectivity index (χ2n) is 3.97. The van der Waals surface area contributed by atoms with Gasteiger partial charge >= 0.3 is 0 Å². The van der Waals surface area contributed by atoms with Crippen molar-refractivity contribution in [3.63, 3.8) is 0 Å². The van der Waals surface area contributed by atoms with E-state index in [0.717, 1.165) is 29.8 Å². The minimum Gasteiger partial charge on any atom is -0.515 e. The molecule has 0 heterocycles. The maximum absolute atomic E-state index is 8.67. The predicted molar refractivity (Wildman–Crippen MR) is 77.8 cm³/mol. The van der Waals surface area contributed by atoms with E-state index >= 15 is 0 Å². The van der Waals surface area contributed by atoms with Crippen LogP contribution < -0.4 is 9.47 Å². The number of aliphatic hydroxyl groups excluding tert-OH is 1. The SMILES string of the molecule is COc1ccc(OCC\C=C/C=C\C(C)=C\O)cc1. The molecule has 0 bridgehead atoms. The van der Waals surface area contributed by atoms with Crippen LogP contribution in [-0.4, -0.2) is 18.8 Å². The molecule has 1 aromatic rings. The topological polar surface area (TPSA) is 38.7 Å². The van der Waals surface area contributed by atoms with E-state index in [1.807, 2.05) is 55.5 Å². The Morgan fingerprint density at radius 3 is 2.47 bits per heavy atom. The minimum atomic E-state index is 0.630. The summed E-state index contributed by atoms with van der Waals surface area (Å²) in [7, 11) is 1.64. The number of methoxy groups -OCH3 is 1. The molecule has 0 fully saturated rings. The largest absolute Gasteiger partial charge is 0.515 e. The van der Waals surface area contributed by atoms with E-state index in [2.05, 4.69) is 0 Å². The molecule has 0 atom stereocenters. The van der Waals surface area contributed by atoms with E-state index in [1.165, 1.54) is 0 Å². The molecular weight excluding hydrogens is 240 g/mol. The van der Waals surface area contributed by atoms with Gasteiger partial charge in [-0.1, -0.05) is 24.3 Å². The number of hydrogen-bond donors (Lipinski definition) is 1. The summed E-state index contributed by atoms with van der Waals surface area (Å²) in [5.74, 6) is 1.66. The fourth-order valence-corrected chi connectivity index (χ4v) is 1.34. The number of ether oxygens (including phenoxy) is 2. The van der Waals surface area contributed by atoms with Crippen molar-refractivity contribution in [1.29, 1.82) is 0 Å². The zero-order valence-corrected chi connectivity index (χ0v) is 11.4. The number of allylic oxidation sites excluding steroid dienone is 4. The van der Waals surface area contributed by atoms with Crippen LogP contribution in [0.25, 0.3) is 0 Å². The van der Waals surface area contributed by atoms with E-state index in [9.17, 15) is 0 Å². The summed E-state index contributed by atoms with van der Waals surface area (Å²) in [6.07, 6.45) is 9.58. The van der Waals surface area contributed by atoms with Crippen LogP contribution in [-0.2, 0) is 0 Å². The fourth-order valence-electron chi connectivity index (χ4n) is 1.34. The summed E-state index contributed by atoms with van der Waals surface area (Å²) in [5, 5.41) is 8.67. The molecule has 0 aromatic heterocycles. The first kappa shape index (κ1) is 14.9. The van der Waals surface area contributed by atoms with Crippen LogP contribution in [0.4, 0.5) is 0 Å². The molecule has 19 heavy (non-hydrogen) atoms. The third-order valence-corrected chi connectivity index (χ3v) is 2.42. The van der Waals surface area contributed by atoms with E-state index in [0.29, 0.717) is 6.61 Å². The summed E-state index contributed by atoms with van der Waals surface area (Å²) in [4.78, 5) is 0. The van der Waals surface area contributed by atoms with Gasteiger partial charge in [0.1, 0.15) is 11.5 Å². The fraction of sp³-hybridized carbons (Fsp3) is 0.250. The van der Waals surface area contributed by atoms with Crippen molar-refractivity contribution in [3.05, 3.63) is 60.4 Å². The molecule has 0 spiro atoms. The smallest absolute Gasteiger partial charge is 0.119 e. The minimum absolute atomic E-state index is 0.630. The normalized spacial score (nSPS) is 12.2. The molecule has 0 saturated carbocycles. The van der Waals surface area contributed by atoms with Crippen molar-refractivity contribution >= 4 is 0 Å². The molecule has 3 heteroatoms. The van der Waals surface area contributed by atoms with Gasteiger partial charge in [0.25, 0.3) is 0 Å². The van der Waals surface area contributed by atoms with E-state index in [-0.39, 0.29) is 0 Å². The van der Waals surface area contributed by atoms with Crippen molar-refractivity contribution in [2.45, 2.75) is 13.3 Å². The van der Waals surface area contributed by atoms with E-state index in [1.54, 1.807) is 7.11 Å². The standard InChI is InChI=1S/C16H20O3/c1-14(13-17)7-5-3-4-6-12-19-16-10-8-15(18-2)9-11-16/h3-5,7-11,13,17H,6,12H2,1-2H3/b4-3-,7-5-,14-13+. The lowest BCUT2D eigenvalue weighted by molar-refractivity contribution is 0.324. The molecule has 0 aliphatic rings. The monoisotopic (exact) mass is 260 g/mol. The Hall–Kier alpha value is -2.16.